The third-order valence-electron chi connectivity index (χ3n) is 4.23. The lowest BCUT2D eigenvalue weighted by molar-refractivity contribution is 0.197. The van der Waals surface area contributed by atoms with E-state index in [9.17, 15) is 0 Å². The molecule has 0 aliphatic rings. The van der Waals surface area contributed by atoms with Gasteiger partial charge in [-0.05, 0) is 31.0 Å². The number of ether oxygens (including phenoxy) is 1. The molecule has 1 aromatic carbocycles. The van der Waals surface area contributed by atoms with E-state index < -0.39 is 0 Å². The second-order valence-corrected chi connectivity index (χ2v) is 7.15. The predicted molar refractivity (Wildman–Crippen MR) is 130 cm³/mol. The van der Waals surface area contributed by atoms with Crippen molar-refractivity contribution in [2.24, 2.45) is 4.99 Å². The number of nitrogens with one attached hydrogen (secondary N) is 2. The van der Waals surface area contributed by atoms with Gasteiger partial charge in [0.1, 0.15) is 12.2 Å². The van der Waals surface area contributed by atoms with Gasteiger partial charge >= 0.3 is 0 Å². The highest BCUT2D eigenvalue weighted by atomic mass is 127. The number of aliphatic imine (C=N–C) groups is 1. The van der Waals surface area contributed by atoms with Crippen molar-refractivity contribution in [2.75, 3.05) is 26.8 Å². The molecule has 0 bridgehead atoms. The number of aryl methyl sites for hydroxylation is 1. The molecule has 162 valence electrons. The first-order valence-electron chi connectivity index (χ1n) is 9.40. The Labute approximate surface area is 199 Å². The van der Waals surface area contributed by atoms with Gasteiger partial charge in [0.05, 0.1) is 16.1 Å². The number of hydrogen-bond acceptors (Lipinski definition) is 4. The molecule has 1 aromatic heterocycles. The Bertz CT molecular complexity index is 771. The predicted octanol–water partition coefficient (Wildman–Crippen LogP) is 4.10. The van der Waals surface area contributed by atoms with Crippen LogP contribution in [0.1, 0.15) is 37.7 Å². The van der Waals surface area contributed by atoms with Gasteiger partial charge in [-0.2, -0.15) is 0 Å². The maximum Gasteiger partial charge on any atom is 0.191 e. The normalized spacial score (nSPS) is 12.4. The van der Waals surface area contributed by atoms with E-state index in [1.807, 2.05) is 16.7 Å². The molecular weight excluding hydrogens is 526 g/mol. The molecule has 2 aromatic rings. The first-order valence-corrected chi connectivity index (χ1v) is 10.2. The Morgan fingerprint density at radius 1 is 1.31 bits per heavy atom. The lowest BCUT2D eigenvalue weighted by Gasteiger charge is -2.19. The van der Waals surface area contributed by atoms with Gasteiger partial charge < -0.3 is 19.9 Å². The van der Waals surface area contributed by atoms with E-state index in [1.54, 1.807) is 19.5 Å². The molecule has 0 saturated heterocycles. The zero-order valence-electron chi connectivity index (χ0n) is 17.0. The minimum atomic E-state index is 0. The van der Waals surface area contributed by atoms with Crippen molar-refractivity contribution in [3.05, 3.63) is 46.0 Å². The molecule has 0 spiro atoms. The van der Waals surface area contributed by atoms with Gasteiger partial charge in [0.2, 0.25) is 0 Å². The molecule has 0 radical (unpaired) electrons. The fourth-order valence-electron chi connectivity index (χ4n) is 2.66. The van der Waals surface area contributed by atoms with Gasteiger partial charge in [0.25, 0.3) is 0 Å². The van der Waals surface area contributed by atoms with Crippen LogP contribution in [0.5, 0.6) is 0 Å². The van der Waals surface area contributed by atoms with E-state index in [2.05, 4.69) is 39.7 Å². The van der Waals surface area contributed by atoms with Crippen molar-refractivity contribution < 1.29 is 4.74 Å². The molecule has 0 fully saturated rings. The van der Waals surface area contributed by atoms with Crippen LogP contribution in [-0.4, -0.2) is 47.5 Å². The second kappa shape index (κ2) is 14.0. The summed E-state index contributed by atoms with van der Waals surface area (Å²) in [5.41, 5.74) is 1.04. The molecule has 1 atom stereocenters. The Morgan fingerprint density at radius 3 is 2.79 bits per heavy atom. The Morgan fingerprint density at radius 2 is 2.10 bits per heavy atom. The molecule has 0 aliphatic carbocycles. The standard InChI is InChI=1S/C19H28Cl2N6O.HI/c1-4-18-26-24-13-27(18)10-9-23-19(22-8-5-11-28-3)25-14(2)15-6-7-16(20)17(21)12-15;/h6-7,12-14H,4-5,8-11H2,1-3H3,(H2,22,23,25);1H. The molecule has 0 aliphatic heterocycles. The monoisotopic (exact) mass is 554 g/mol. The van der Waals surface area contributed by atoms with E-state index in [4.69, 9.17) is 27.9 Å². The van der Waals surface area contributed by atoms with Crippen LogP contribution >= 0.6 is 47.2 Å². The second-order valence-electron chi connectivity index (χ2n) is 6.34. The van der Waals surface area contributed by atoms with Crippen molar-refractivity contribution >= 4 is 53.1 Å². The van der Waals surface area contributed by atoms with Gasteiger partial charge in [-0.3, -0.25) is 4.99 Å². The average molecular weight is 555 g/mol. The molecule has 2 rings (SSSR count). The van der Waals surface area contributed by atoms with Crippen molar-refractivity contribution in [3.63, 3.8) is 0 Å². The zero-order valence-corrected chi connectivity index (χ0v) is 20.8. The highest BCUT2D eigenvalue weighted by molar-refractivity contribution is 14.0. The fraction of sp³-hybridized carbons (Fsp3) is 0.526. The van der Waals surface area contributed by atoms with Crippen molar-refractivity contribution in [2.45, 2.75) is 39.3 Å². The maximum absolute atomic E-state index is 6.15. The SMILES string of the molecule is CCc1nncn1CCNC(=NCCCOC)NC(C)c1ccc(Cl)c(Cl)c1.I. The van der Waals surface area contributed by atoms with E-state index in [0.29, 0.717) is 29.7 Å². The van der Waals surface area contributed by atoms with Crippen LogP contribution in [0, 0.1) is 0 Å². The molecule has 1 heterocycles. The molecule has 1 unspecified atom stereocenters. The van der Waals surface area contributed by atoms with Crippen LogP contribution in [0.4, 0.5) is 0 Å². The highest BCUT2D eigenvalue weighted by Crippen LogP contribution is 2.25. The lowest BCUT2D eigenvalue weighted by atomic mass is 10.1. The topological polar surface area (TPSA) is 76.4 Å². The number of halogens is 3. The summed E-state index contributed by atoms with van der Waals surface area (Å²) >= 11 is 12.2. The van der Waals surface area contributed by atoms with Crippen LogP contribution < -0.4 is 10.6 Å². The molecule has 10 heteroatoms. The number of methoxy groups -OCH3 is 1. The third kappa shape index (κ3) is 8.65. The average Bonchev–Trinajstić information content (AvgIpc) is 3.14. The number of nitrogens with zero attached hydrogens (tertiary/aromatic N) is 4. The van der Waals surface area contributed by atoms with Crippen molar-refractivity contribution in [3.8, 4) is 0 Å². The van der Waals surface area contributed by atoms with E-state index in [1.165, 1.54) is 0 Å². The van der Waals surface area contributed by atoms with E-state index in [-0.39, 0.29) is 30.0 Å². The van der Waals surface area contributed by atoms with Gasteiger partial charge in [0, 0.05) is 39.8 Å². The highest BCUT2D eigenvalue weighted by Gasteiger charge is 2.10. The first-order chi connectivity index (χ1) is 13.5. The number of aromatic nitrogens is 3. The maximum atomic E-state index is 6.15. The summed E-state index contributed by atoms with van der Waals surface area (Å²) in [5, 5.41) is 16.0. The molecule has 7 nitrogen and oxygen atoms in total. The molecule has 2 N–H and O–H groups in total. The summed E-state index contributed by atoms with van der Waals surface area (Å²) in [5.74, 6) is 1.71. The third-order valence-corrected chi connectivity index (χ3v) is 4.97. The number of rotatable bonds is 10. The number of benzene rings is 1. The lowest BCUT2D eigenvalue weighted by Crippen LogP contribution is -2.40. The van der Waals surface area contributed by atoms with E-state index >= 15 is 0 Å². The van der Waals surface area contributed by atoms with Crippen LogP contribution in [0.2, 0.25) is 10.0 Å². The quantitative estimate of drug-likeness (QED) is 0.200. The summed E-state index contributed by atoms with van der Waals surface area (Å²) in [6, 6.07) is 5.65. The van der Waals surface area contributed by atoms with Crippen LogP contribution in [0.25, 0.3) is 0 Å². The van der Waals surface area contributed by atoms with Crippen molar-refractivity contribution in [1.82, 2.24) is 25.4 Å². The molecule has 29 heavy (non-hydrogen) atoms. The van der Waals surface area contributed by atoms with Gasteiger partial charge in [-0.25, -0.2) is 0 Å². The Balaban J connectivity index is 0.00000420. The van der Waals surface area contributed by atoms with Crippen LogP contribution in [-0.2, 0) is 17.7 Å². The summed E-state index contributed by atoms with van der Waals surface area (Å²) in [6.45, 7) is 6.94. The van der Waals surface area contributed by atoms with Gasteiger partial charge in [-0.15, -0.1) is 34.2 Å². The van der Waals surface area contributed by atoms with Crippen LogP contribution in [0.3, 0.4) is 0 Å². The summed E-state index contributed by atoms with van der Waals surface area (Å²) in [4.78, 5) is 4.64. The number of guanidine groups is 1. The minimum absolute atomic E-state index is 0. The molecule has 0 saturated carbocycles. The van der Waals surface area contributed by atoms with Crippen LogP contribution in [0.15, 0.2) is 29.5 Å². The first kappa shape index (κ1) is 25.9. The van der Waals surface area contributed by atoms with E-state index in [0.717, 1.165) is 36.7 Å². The fourth-order valence-corrected chi connectivity index (χ4v) is 2.96. The smallest absolute Gasteiger partial charge is 0.191 e. The minimum Gasteiger partial charge on any atom is -0.385 e. The summed E-state index contributed by atoms with van der Waals surface area (Å²) in [7, 11) is 1.69. The molecule has 0 amide bonds. The molecular formula is C19H29Cl2IN6O. The van der Waals surface area contributed by atoms with Gasteiger partial charge in [0.15, 0.2) is 5.96 Å². The zero-order chi connectivity index (χ0) is 20.4. The Hall–Kier alpha value is -1.10. The largest absolute Gasteiger partial charge is 0.385 e. The number of hydrogen-bond donors (Lipinski definition) is 2. The summed E-state index contributed by atoms with van der Waals surface area (Å²) in [6.07, 6.45) is 3.46. The van der Waals surface area contributed by atoms with Gasteiger partial charge in [-0.1, -0.05) is 36.2 Å². The Kier molecular flexibility index (Phi) is 12.5. The summed E-state index contributed by atoms with van der Waals surface area (Å²) < 4.78 is 7.14. The van der Waals surface area contributed by atoms with Crippen molar-refractivity contribution in [1.29, 1.82) is 0 Å².